The third-order valence-electron chi connectivity index (χ3n) is 2.34. The average Bonchev–Trinajstić information content (AvgIpc) is 2.36. The number of amides is 1. The molecule has 0 N–H and O–H groups in total. The van der Waals surface area contributed by atoms with Crippen molar-refractivity contribution < 1.29 is 9.72 Å². The van der Waals surface area contributed by atoms with Crippen LogP contribution in [0.25, 0.3) is 0 Å². The Morgan fingerprint density at radius 2 is 2.00 bits per heavy atom. The summed E-state index contributed by atoms with van der Waals surface area (Å²) in [7, 11) is 1.53. The molecule has 6 heteroatoms. The first kappa shape index (κ1) is 12.6. The maximum absolute atomic E-state index is 11.7. The van der Waals surface area contributed by atoms with Crippen molar-refractivity contribution in [2.45, 2.75) is 6.92 Å². The first-order chi connectivity index (χ1) is 7.97. The lowest BCUT2D eigenvalue weighted by Crippen LogP contribution is -2.30. The van der Waals surface area contributed by atoms with Crippen molar-refractivity contribution in [3.63, 3.8) is 0 Å². The predicted molar refractivity (Wildman–Crippen MR) is 61.3 cm³/mol. The molecule has 0 bridgehead atoms. The van der Waals surface area contributed by atoms with Gasteiger partial charge in [-0.2, -0.15) is 5.26 Å². The standard InChI is InChI=1S/C11H11N3O3/c1-8(7-12)11(15)13(2)9-3-5-10(6-4-9)14(16)17/h3-6,8H,1-2H3. The topological polar surface area (TPSA) is 87.2 Å². The highest BCUT2D eigenvalue weighted by atomic mass is 16.6. The molecule has 0 fully saturated rings. The third kappa shape index (κ3) is 2.78. The summed E-state index contributed by atoms with van der Waals surface area (Å²) in [4.78, 5) is 22.9. The van der Waals surface area contributed by atoms with Gasteiger partial charge in [0, 0.05) is 24.9 Å². The molecule has 88 valence electrons. The Morgan fingerprint density at radius 1 is 1.47 bits per heavy atom. The second-order valence-electron chi connectivity index (χ2n) is 3.52. The molecule has 17 heavy (non-hydrogen) atoms. The second kappa shape index (κ2) is 5.07. The molecule has 1 rings (SSSR count). The monoisotopic (exact) mass is 233 g/mol. The molecule has 0 saturated carbocycles. The van der Waals surface area contributed by atoms with Gasteiger partial charge in [-0.1, -0.05) is 0 Å². The van der Waals surface area contributed by atoms with Gasteiger partial charge in [0.05, 0.1) is 11.0 Å². The van der Waals surface area contributed by atoms with Crippen molar-refractivity contribution in [1.82, 2.24) is 0 Å². The number of non-ortho nitro benzene ring substituents is 1. The summed E-state index contributed by atoms with van der Waals surface area (Å²) < 4.78 is 0. The molecule has 0 saturated heterocycles. The van der Waals surface area contributed by atoms with E-state index in [-0.39, 0.29) is 11.6 Å². The normalized spacial score (nSPS) is 11.4. The fourth-order valence-corrected chi connectivity index (χ4v) is 1.27. The van der Waals surface area contributed by atoms with Crippen LogP contribution < -0.4 is 4.90 Å². The maximum Gasteiger partial charge on any atom is 0.269 e. The maximum atomic E-state index is 11.7. The van der Waals surface area contributed by atoms with Crippen LogP contribution in [0.4, 0.5) is 11.4 Å². The predicted octanol–water partition coefficient (Wildman–Crippen LogP) is 1.72. The summed E-state index contributed by atoms with van der Waals surface area (Å²) in [6.07, 6.45) is 0. The van der Waals surface area contributed by atoms with Crippen LogP contribution in [0.2, 0.25) is 0 Å². The van der Waals surface area contributed by atoms with E-state index < -0.39 is 10.8 Å². The minimum atomic E-state index is -0.741. The zero-order valence-electron chi connectivity index (χ0n) is 9.45. The molecule has 0 radical (unpaired) electrons. The Labute approximate surface area is 98.2 Å². The quantitative estimate of drug-likeness (QED) is 0.587. The number of nitro groups is 1. The van der Waals surface area contributed by atoms with Crippen LogP contribution in [0, 0.1) is 27.4 Å². The number of anilines is 1. The highest BCUT2D eigenvalue weighted by molar-refractivity contribution is 5.95. The van der Waals surface area contributed by atoms with Crippen molar-refractivity contribution in [3.05, 3.63) is 34.4 Å². The lowest BCUT2D eigenvalue weighted by Gasteiger charge is -2.18. The van der Waals surface area contributed by atoms with E-state index in [4.69, 9.17) is 5.26 Å². The molecule has 0 spiro atoms. The Hall–Kier alpha value is -2.42. The van der Waals surface area contributed by atoms with Gasteiger partial charge in [0.1, 0.15) is 5.92 Å². The Kier molecular flexibility index (Phi) is 3.78. The number of carbonyl (C=O) groups excluding carboxylic acids is 1. The van der Waals surface area contributed by atoms with E-state index >= 15 is 0 Å². The number of nitro benzene ring substituents is 1. The Morgan fingerprint density at radius 3 is 2.41 bits per heavy atom. The Balaban J connectivity index is 2.91. The van der Waals surface area contributed by atoms with Crippen LogP contribution in [-0.4, -0.2) is 17.9 Å². The van der Waals surface area contributed by atoms with Gasteiger partial charge in [-0.15, -0.1) is 0 Å². The number of carbonyl (C=O) groups is 1. The molecular weight excluding hydrogens is 222 g/mol. The van der Waals surface area contributed by atoms with Gasteiger partial charge < -0.3 is 4.90 Å². The van der Waals surface area contributed by atoms with Crippen molar-refractivity contribution in [2.24, 2.45) is 5.92 Å². The summed E-state index contributed by atoms with van der Waals surface area (Å²) >= 11 is 0. The molecule has 0 aliphatic rings. The third-order valence-corrected chi connectivity index (χ3v) is 2.34. The van der Waals surface area contributed by atoms with E-state index in [2.05, 4.69) is 0 Å². The summed E-state index contributed by atoms with van der Waals surface area (Å²) in [5.41, 5.74) is 0.477. The average molecular weight is 233 g/mol. The van der Waals surface area contributed by atoms with E-state index in [0.717, 1.165) is 0 Å². The number of hydrogen-bond donors (Lipinski definition) is 0. The van der Waals surface area contributed by atoms with E-state index in [1.165, 1.54) is 43.1 Å². The summed E-state index contributed by atoms with van der Waals surface area (Å²) in [5, 5.41) is 19.1. The molecule has 0 aliphatic carbocycles. The smallest absolute Gasteiger partial charge is 0.269 e. The SMILES string of the molecule is CC(C#N)C(=O)N(C)c1ccc([N+](=O)[O-])cc1. The number of nitriles is 1. The second-order valence-corrected chi connectivity index (χ2v) is 3.52. The van der Waals surface area contributed by atoms with Gasteiger partial charge >= 0.3 is 0 Å². The fraction of sp³-hybridized carbons (Fsp3) is 0.273. The molecule has 1 atom stereocenters. The molecule has 1 amide bonds. The lowest BCUT2D eigenvalue weighted by molar-refractivity contribution is -0.384. The lowest BCUT2D eigenvalue weighted by atomic mass is 10.1. The van der Waals surface area contributed by atoms with Gasteiger partial charge in [0.2, 0.25) is 5.91 Å². The number of rotatable bonds is 3. The molecule has 1 aromatic carbocycles. The highest BCUT2D eigenvalue weighted by Gasteiger charge is 2.18. The van der Waals surface area contributed by atoms with E-state index in [0.29, 0.717) is 5.69 Å². The minimum Gasteiger partial charge on any atom is -0.314 e. The van der Waals surface area contributed by atoms with Crippen LogP contribution in [0.1, 0.15) is 6.92 Å². The van der Waals surface area contributed by atoms with Gasteiger partial charge in [-0.25, -0.2) is 0 Å². The van der Waals surface area contributed by atoms with Crippen molar-refractivity contribution in [2.75, 3.05) is 11.9 Å². The molecular formula is C11H11N3O3. The van der Waals surface area contributed by atoms with Gasteiger partial charge in [-0.05, 0) is 19.1 Å². The minimum absolute atomic E-state index is 0.0390. The molecule has 6 nitrogen and oxygen atoms in total. The molecule has 1 aromatic rings. The van der Waals surface area contributed by atoms with Gasteiger partial charge in [0.25, 0.3) is 5.69 Å². The molecule has 0 heterocycles. The van der Waals surface area contributed by atoms with Crippen LogP contribution >= 0.6 is 0 Å². The first-order valence-corrected chi connectivity index (χ1v) is 4.89. The van der Waals surface area contributed by atoms with E-state index in [9.17, 15) is 14.9 Å². The fourth-order valence-electron chi connectivity index (χ4n) is 1.27. The van der Waals surface area contributed by atoms with Crippen LogP contribution in [0.15, 0.2) is 24.3 Å². The first-order valence-electron chi connectivity index (χ1n) is 4.89. The van der Waals surface area contributed by atoms with Crippen molar-refractivity contribution >= 4 is 17.3 Å². The Bertz CT molecular complexity index is 476. The molecule has 0 aromatic heterocycles. The number of benzene rings is 1. The zero-order chi connectivity index (χ0) is 13.0. The van der Waals surface area contributed by atoms with Crippen LogP contribution in [0.3, 0.4) is 0 Å². The molecule has 0 aliphatic heterocycles. The summed E-state index contributed by atoms with van der Waals surface area (Å²) in [6.45, 7) is 1.50. The van der Waals surface area contributed by atoms with E-state index in [1.54, 1.807) is 0 Å². The van der Waals surface area contributed by atoms with Crippen LogP contribution in [-0.2, 0) is 4.79 Å². The summed E-state index contributed by atoms with van der Waals surface area (Å²) in [6, 6.07) is 7.42. The number of nitrogens with zero attached hydrogens (tertiary/aromatic N) is 3. The molecule has 1 unspecified atom stereocenters. The highest BCUT2D eigenvalue weighted by Crippen LogP contribution is 2.19. The van der Waals surface area contributed by atoms with E-state index in [1.807, 2.05) is 6.07 Å². The van der Waals surface area contributed by atoms with Crippen molar-refractivity contribution in [3.8, 4) is 6.07 Å². The summed E-state index contributed by atoms with van der Waals surface area (Å²) in [5.74, 6) is -1.09. The number of hydrogen-bond acceptors (Lipinski definition) is 4. The zero-order valence-corrected chi connectivity index (χ0v) is 9.45. The largest absolute Gasteiger partial charge is 0.314 e. The van der Waals surface area contributed by atoms with Gasteiger partial charge in [0.15, 0.2) is 0 Å². The van der Waals surface area contributed by atoms with Gasteiger partial charge in [-0.3, -0.25) is 14.9 Å². The van der Waals surface area contributed by atoms with Crippen molar-refractivity contribution in [1.29, 1.82) is 5.26 Å². The van der Waals surface area contributed by atoms with Crippen LogP contribution in [0.5, 0.6) is 0 Å².